The van der Waals surface area contributed by atoms with E-state index in [4.69, 9.17) is 0 Å². The lowest BCUT2D eigenvalue weighted by molar-refractivity contribution is 0.618. The summed E-state index contributed by atoms with van der Waals surface area (Å²) in [6, 6.07) is 4.57. The van der Waals surface area contributed by atoms with Crippen LogP contribution in [-0.4, -0.2) is 13.1 Å². The molecular formula is C13H23NS. The first-order valence-corrected chi connectivity index (χ1v) is 6.96. The zero-order chi connectivity index (χ0) is 10.9. The second kappa shape index (κ2) is 7.89. The van der Waals surface area contributed by atoms with E-state index < -0.39 is 0 Å². The number of nitrogens with one attached hydrogen (secondary N) is 1. The quantitative estimate of drug-likeness (QED) is 0.666. The van der Waals surface area contributed by atoms with E-state index in [-0.39, 0.29) is 0 Å². The van der Waals surface area contributed by atoms with Crippen molar-refractivity contribution in [1.29, 1.82) is 0 Å². The minimum Gasteiger partial charge on any atom is -0.317 e. The predicted molar refractivity (Wildman–Crippen MR) is 69.8 cm³/mol. The van der Waals surface area contributed by atoms with Crippen molar-refractivity contribution in [1.82, 2.24) is 5.32 Å². The van der Waals surface area contributed by atoms with Gasteiger partial charge in [-0.15, -0.1) is 11.3 Å². The Balaban J connectivity index is 2.04. The summed E-state index contributed by atoms with van der Waals surface area (Å²) in [6.45, 7) is 6.79. The summed E-state index contributed by atoms with van der Waals surface area (Å²) in [5, 5.41) is 3.44. The summed E-state index contributed by atoms with van der Waals surface area (Å²) in [7, 11) is 0. The van der Waals surface area contributed by atoms with Crippen LogP contribution in [0.4, 0.5) is 0 Å². The molecule has 0 saturated heterocycles. The molecule has 86 valence electrons. The van der Waals surface area contributed by atoms with Gasteiger partial charge < -0.3 is 5.32 Å². The molecule has 0 aromatic carbocycles. The maximum absolute atomic E-state index is 3.44. The van der Waals surface area contributed by atoms with Gasteiger partial charge in [-0.25, -0.2) is 0 Å². The van der Waals surface area contributed by atoms with Gasteiger partial charge in [0.25, 0.3) is 0 Å². The average molecular weight is 225 g/mol. The van der Waals surface area contributed by atoms with Gasteiger partial charge in [-0.2, -0.15) is 0 Å². The predicted octanol–water partition coefficient (Wildman–Crippen LogP) is 3.63. The summed E-state index contributed by atoms with van der Waals surface area (Å²) < 4.78 is 0. The molecule has 15 heavy (non-hydrogen) atoms. The van der Waals surface area contributed by atoms with Gasteiger partial charge in [0.15, 0.2) is 0 Å². The largest absolute Gasteiger partial charge is 0.317 e. The Morgan fingerprint density at radius 2 is 1.87 bits per heavy atom. The van der Waals surface area contributed by atoms with Crippen molar-refractivity contribution < 1.29 is 0 Å². The van der Waals surface area contributed by atoms with Gasteiger partial charge in [0.2, 0.25) is 0 Å². The lowest BCUT2D eigenvalue weighted by Gasteiger charge is -2.01. The second-order valence-corrected chi connectivity index (χ2v) is 5.18. The zero-order valence-corrected chi connectivity index (χ0v) is 10.8. The van der Waals surface area contributed by atoms with Crippen LogP contribution in [0.2, 0.25) is 0 Å². The van der Waals surface area contributed by atoms with Crippen molar-refractivity contribution in [2.45, 2.75) is 46.0 Å². The second-order valence-electron chi connectivity index (χ2n) is 3.93. The van der Waals surface area contributed by atoms with Gasteiger partial charge in [0.1, 0.15) is 0 Å². The van der Waals surface area contributed by atoms with Crippen LogP contribution in [0.25, 0.3) is 0 Å². The van der Waals surface area contributed by atoms with Crippen molar-refractivity contribution >= 4 is 11.3 Å². The third-order valence-corrected chi connectivity index (χ3v) is 3.81. The minimum atomic E-state index is 1.17. The Hall–Kier alpha value is -0.340. The van der Waals surface area contributed by atoms with Gasteiger partial charge in [-0.1, -0.05) is 13.8 Å². The number of thiophene rings is 1. The van der Waals surface area contributed by atoms with E-state index in [0.717, 1.165) is 0 Å². The molecule has 1 nitrogen and oxygen atoms in total. The smallest absolute Gasteiger partial charge is 0.00481 e. The summed E-state index contributed by atoms with van der Waals surface area (Å²) in [4.78, 5) is 3.08. The monoisotopic (exact) mass is 225 g/mol. The van der Waals surface area contributed by atoms with Crippen molar-refractivity contribution in [3.8, 4) is 0 Å². The molecule has 1 aromatic rings. The van der Waals surface area contributed by atoms with Crippen LogP contribution >= 0.6 is 11.3 Å². The molecule has 0 saturated carbocycles. The van der Waals surface area contributed by atoms with Crippen LogP contribution in [0, 0.1) is 0 Å². The molecule has 0 bridgehead atoms. The van der Waals surface area contributed by atoms with Gasteiger partial charge >= 0.3 is 0 Å². The lowest BCUT2D eigenvalue weighted by atomic mass is 10.2. The number of hydrogen-bond donors (Lipinski definition) is 1. The standard InChI is InChI=1S/C13H23NS/c1-3-10-14-11-6-5-7-13-9-8-12(4-2)15-13/h8-9,14H,3-7,10-11H2,1-2H3. The van der Waals surface area contributed by atoms with E-state index in [9.17, 15) is 0 Å². The van der Waals surface area contributed by atoms with Crippen LogP contribution in [0.3, 0.4) is 0 Å². The first-order valence-electron chi connectivity index (χ1n) is 6.15. The molecule has 1 heterocycles. The molecule has 0 aliphatic carbocycles. The van der Waals surface area contributed by atoms with Crippen LogP contribution in [0.5, 0.6) is 0 Å². The highest BCUT2D eigenvalue weighted by molar-refractivity contribution is 7.11. The molecule has 0 amide bonds. The maximum Gasteiger partial charge on any atom is 0.00481 e. The van der Waals surface area contributed by atoms with Gasteiger partial charge in [0, 0.05) is 9.75 Å². The third kappa shape index (κ3) is 5.33. The Kier molecular flexibility index (Phi) is 6.69. The highest BCUT2D eigenvalue weighted by Crippen LogP contribution is 2.18. The summed E-state index contributed by atoms with van der Waals surface area (Å²) in [5.41, 5.74) is 0. The molecule has 1 N–H and O–H groups in total. The molecule has 0 aliphatic heterocycles. The van der Waals surface area contributed by atoms with Gasteiger partial charge in [0.05, 0.1) is 0 Å². The van der Waals surface area contributed by atoms with E-state index in [2.05, 4.69) is 31.3 Å². The molecule has 0 radical (unpaired) electrons. The van der Waals surface area contributed by atoms with Crippen LogP contribution in [0.15, 0.2) is 12.1 Å². The van der Waals surface area contributed by atoms with Gasteiger partial charge in [-0.3, -0.25) is 0 Å². The van der Waals surface area contributed by atoms with E-state index >= 15 is 0 Å². The van der Waals surface area contributed by atoms with Crippen LogP contribution < -0.4 is 5.32 Å². The number of rotatable bonds is 8. The topological polar surface area (TPSA) is 12.0 Å². The van der Waals surface area contributed by atoms with E-state index in [1.807, 2.05) is 11.3 Å². The number of unbranched alkanes of at least 4 members (excludes halogenated alkanes) is 1. The minimum absolute atomic E-state index is 1.17. The highest BCUT2D eigenvalue weighted by Gasteiger charge is 1.98. The Labute approximate surface area is 97.9 Å². The lowest BCUT2D eigenvalue weighted by Crippen LogP contribution is -2.15. The van der Waals surface area contributed by atoms with Crippen molar-refractivity contribution in [3.63, 3.8) is 0 Å². The van der Waals surface area contributed by atoms with E-state index in [1.54, 1.807) is 4.88 Å². The third-order valence-electron chi connectivity index (χ3n) is 2.52. The number of aryl methyl sites for hydroxylation is 2. The molecule has 0 unspecified atom stereocenters. The molecule has 0 aliphatic rings. The van der Waals surface area contributed by atoms with E-state index in [1.165, 1.54) is 50.1 Å². The first kappa shape index (κ1) is 12.7. The van der Waals surface area contributed by atoms with Crippen molar-refractivity contribution in [2.24, 2.45) is 0 Å². The fraction of sp³-hybridized carbons (Fsp3) is 0.692. The highest BCUT2D eigenvalue weighted by atomic mass is 32.1. The molecule has 0 atom stereocenters. The maximum atomic E-state index is 3.44. The SMILES string of the molecule is CCCNCCCCc1ccc(CC)s1. The Morgan fingerprint density at radius 3 is 2.53 bits per heavy atom. The van der Waals surface area contributed by atoms with Crippen LogP contribution in [-0.2, 0) is 12.8 Å². The van der Waals surface area contributed by atoms with Crippen molar-refractivity contribution in [2.75, 3.05) is 13.1 Å². The molecular weight excluding hydrogens is 202 g/mol. The summed E-state index contributed by atoms with van der Waals surface area (Å²) in [5.74, 6) is 0. The summed E-state index contributed by atoms with van der Waals surface area (Å²) >= 11 is 1.98. The van der Waals surface area contributed by atoms with Crippen LogP contribution in [0.1, 0.15) is 42.9 Å². The fourth-order valence-corrected chi connectivity index (χ4v) is 2.60. The number of hydrogen-bond acceptors (Lipinski definition) is 2. The van der Waals surface area contributed by atoms with E-state index in [0.29, 0.717) is 0 Å². The molecule has 1 rings (SSSR count). The molecule has 2 heteroatoms. The Bertz CT molecular complexity index is 255. The average Bonchev–Trinajstić information content (AvgIpc) is 2.71. The normalized spacial score (nSPS) is 10.8. The molecule has 1 aromatic heterocycles. The summed E-state index contributed by atoms with van der Waals surface area (Å²) in [6.07, 6.45) is 6.31. The molecule has 0 spiro atoms. The van der Waals surface area contributed by atoms with Crippen molar-refractivity contribution in [3.05, 3.63) is 21.9 Å². The zero-order valence-electron chi connectivity index (χ0n) is 10.0. The van der Waals surface area contributed by atoms with Gasteiger partial charge in [-0.05, 0) is 57.3 Å². The Morgan fingerprint density at radius 1 is 1.07 bits per heavy atom. The molecule has 0 fully saturated rings. The fourth-order valence-electron chi connectivity index (χ4n) is 1.60. The first-order chi connectivity index (χ1) is 7.36.